The minimum Gasteiger partial charge on any atom is -0.313 e. The number of likely N-dealkylation sites (N-methyl/N-ethyl adjacent to an activating group) is 1. The number of nitrogens with one attached hydrogen (secondary N) is 1. The summed E-state index contributed by atoms with van der Waals surface area (Å²) in [5, 5.41) is 3.28. The molecule has 0 aromatic rings. The molecule has 5 nitrogen and oxygen atoms in total. The first-order chi connectivity index (χ1) is 6.83. The molecule has 0 bridgehead atoms. The van der Waals surface area contributed by atoms with Gasteiger partial charge in [0.25, 0.3) is 0 Å². The predicted octanol–water partition coefficient (Wildman–Crippen LogP) is -1.29. The average molecular weight is 206 g/mol. The van der Waals surface area contributed by atoms with E-state index in [9.17, 15) is 0 Å². The molecule has 0 aromatic heterocycles. The van der Waals surface area contributed by atoms with E-state index in [2.05, 4.69) is 27.0 Å². The van der Waals surface area contributed by atoms with Crippen LogP contribution in [0.4, 0.5) is 0 Å². The molecule has 1 aliphatic rings. The van der Waals surface area contributed by atoms with Crippen molar-refractivity contribution in [3.63, 3.8) is 0 Å². The molecule has 5 heteroatoms. The van der Waals surface area contributed by atoms with Crippen molar-refractivity contribution in [1.82, 2.24) is 15.1 Å². The van der Waals surface area contributed by atoms with Crippen LogP contribution in [0.15, 0.2) is 0 Å². The summed E-state index contributed by atoms with van der Waals surface area (Å²) in [4.78, 5) is 9.31. The SMILES string of the molecule is CN1CC[15N](C[13CH2]NCCON)[13CH2][13CH2]1. The van der Waals surface area contributed by atoms with Crippen molar-refractivity contribution >= 4 is 0 Å². The van der Waals surface area contributed by atoms with Crippen LogP contribution in [0.3, 0.4) is 0 Å². The quantitative estimate of drug-likeness (QED) is 0.245. The van der Waals surface area contributed by atoms with E-state index < -0.39 is 0 Å². The third kappa shape index (κ3) is 4.88. The third-order valence-corrected chi connectivity index (χ3v) is 2.60. The Balaban J connectivity index is 1.91. The monoisotopic (exact) mass is 206 g/mol. The summed E-state index contributed by atoms with van der Waals surface area (Å²) in [7, 11) is 2.17. The third-order valence-electron chi connectivity index (χ3n) is 2.60. The highest BCUT2D eigenvalue weighted by atomic mass is 16.6. The number of piperazine rings is 1. The van der Waals surface area contributed by atoms with Crippen molar-refractivity contribution < 1.29 is 4.84 Å². The van der Waals surface area contributed by atoms with Gasteiger partial charge < -0.3 is 15.1 Å². The largest absolute Gasteiger partial charge is 0.313 e. The van der Waals surface area contributed by atoms with Crippen molar-refractivity contribution in [1.29, 1.82) is 0 Å². The molecule has 0 amide bonds. The molecule has 1 heterocycles. The van der Waals surface area contributed by atoms with Crippen molar-refractivity contribution in [2.24, 2.45) is 5.90 Å². The Morgan fingerprint density at radius 2 is 1.93 bits per heavy atom. The zero-order valence-electron chi connectivity index (χ0n) is 9.04. The van der Waals surface area contributed by atoms with E-state index in [0.717, 1.165) is 19.6 Å². The van der Waals surface area contributed by atoms with Crippen molar-refractivity contribution in [2.75, 3.05) is 59.5 Å². The standard InChI is InChI=1S/C9H22N4O/c1-12-5-7-13(8-6-12)4-2-11-3-9-14-10/h11H,2-10H2,1H3/i2+1,5+1,7+1,13+1. The lowest BCUT2D eigenvalue weighted by Gasteiger charge is -2.32. The van der Waals surface area contributed by atoms with Crippen molar-refractivity contribution in [3.05, 3.63) is 0 Å². The van der Waals surface area contributed by atoms with Gasteiger partial charge in [0.05, 0.1) is 6.61 Å². The number of nitrogens with two attached hydrogens (primary N) is 1. The minimum atomic E-state index is 0.586. The van der Waals surface area contributed by atoms with E-state index in [1.807, 2.05) is 0 Å². The maximum atomic E-state index is 4.91. The first-order valence-corrected chi connectivity index (χ1v) is 5.26. The molecule has 0 aromatic carbocycles. The molecule has 84 valence electrons. The molecule has 0 atom stereocenters. The molecule has 0 aliphatic carbocycles. The lowest BCUT2D eigenvalue weighted by atomic mass is 10.6. The van der Waals surface area contributed by atoms with Crippen LogP contribution in [0.2, 0.25) is 0 Å². The summed E-state index contributed by atoms with van der Waals surface area (Å²) in [6, 6.07) is 0. The van der Waals surface area contributed by atoms with E-state index in [0.29, 0.717) is 6.61 Å². The van der Waals surface area contributed by atoms with Crippen LogP contribution in [0.5, 0.6) is 0 Å². The van der Waals surface area contributed by atoms with E-state index >= 15 is 0 Å². The first-order valence-electron chi connectivity index (χ1n) is 5.26. The second kappa shape index (κ2) is 7.14. The summed E-state index contributed by atoms with van der Waals surface area (Å²) in [5.41, 5.74) is 0. The Morgan fingerprint density at radius 3 is 2.57 bits per heavy atom. The van der Waals surface area contributed by atoms with Crippen LogP contribution in [-0.2, 0) is 4.84 Å². The second-order valence-corrected chi connectivity index (χ2v) is 3.77. The van der Waals surface area contributed by atoms with Gasteiger partial charge in [0.2, 0.25) is 0 Å². The van der Waals surface area contributed by atoms with E-state index in [4.69, 9.17) is 5.90 Å². The molecular formula is C9H22N4O. The van der Waals surface area contributed by atoms with Gasteiger partial charge >= 0.3 is 0 Å². The predicted molar refractivity (Wildman–Crippen MR) is 56.9 cm³/mol. The first kappa shape index (κ1) is 11.9. The Labute approximate surface area is 86.1 Å². The maximum absolute atomic E-state index is 4.91. The van der Waals surface area contributed by atoms with Gasteiger partial charge in [-0.2, -0.15) is 0 Å². The van der Waals surface area contributed by atoms with Gasteiger partial charge in [-0.3, -0.25) is 4.90 Å². The van der Waals surface area contributed by atoms with Gasteiger partial charge in [-0.05, 0) is 7.05 Å². The number of hydrogen-bond acceptors (Lipinski definition) is 5. The van der Waals surface area contributed by atoms with E-state index in [1.54, 1.807) is 0 Å². The van der Waals surface area contributed by atoms with Crippen LogP contribution >= 0.6 is 0 Å². The number of nitrogens with zero attached hydrogens (tertiary/aromatic N) is 2. The Hall–Kier alpha value is -0.200. The molecule has 1 fully saturated rings. The van der Waals surface area contributed by atoms with Crippen LogP contribution < -0.4 is 11.2 Å². The Kier molecular flexibility index (Phi) is 6.05. The van der Waals surface area contributed by atoms with E-state index in [1.165, 1.54) is 26.2 Å². The summed E-state index contributed by atoms with van der Waals surface area (Å²) in [6.07, 6.45) is 0. The fraction of sp³-hybridized carbons (Fsp3) is 1.00. The Morgan fingerprint density at radius 1 is 1.21 bits per heavy atom. The van der Waals surface area contributed by atoms with Crippen LogP contribution in [0, 0.1) is 0 Å². The number of hydrogen-bond donors (Lipinski definition) is 2. The minimum absolute atomic E-state index is 0.586. The maximum Gasteiger partial charge on any atom is 0.0803 e. The smallest absolute Gasteiger partial charge is 0.0803 e. The lowest BCUT2D eigenvalue weighted by molar-refractivity contribution is 0.134. The van der Waals surface area contributed by atoms with Gasteiger partial charge in [-0.25, -0.2) is 5.90 Å². The molecule has 1 rings (SSSR count). The molecular weight excluding hydrogens is 184 g/mol. The topological polar surface area (TPSA) is 53.8 Å². The summed E-state index contributed by atoms with van der Waals surface area (Å²) < 4.78 is 0. The normalized spacial score (nSPS) is 20.1. The fourth-order valence-corrected chi connectivity index (χ4v) is 1.56. The molecule has 1 aliphatic heterocycles. The van der Waals surface area contributed by atoms with Gasteiger partial charge in [0.1, 0.15) is 0 Å². The molecule has 1 saturated heterocycles. The highest BCUT2D eigenvalue weighted by Gasteiger charge is 2.12. The molecule has 0 spiro atoms. The van der Waals surface area contributed by atoms with Crippen molar-refractivity contribution in [3.8, 4) is 0 Å². The molecule has 0 saturated carbocycles. The molecule has 0 unspecified atom stereocenters. The van der Waals surface area contributed by atoms with Crippen LogP contribution in [0.1, 0.15) is 0 Å². The van der Waals surface area contributed by atoms with Crippen molar-refractivity contribution in [2.45, 2.75) is 0 Å². The zero-order chi connectivity index (χ0) is 10.2. The fourth-order valence-electron chi connectivity index (χ4n) is 1.56. The number of rotatable bonds is 6. The van der Waals surface area contributed by atoms with Gasteiger partial charge in [0.15, 0.2) is 0 Å². The Bertz CT molecular complexity index is 137. The summed E-state index contributed by atoms with van der Waals surface area (Å²) in [5.74, 6) is 4.91. The summed E-state index contributed by atoms with van der Waals surface area (Å²) >= 11 is 0. The summed E-state index contributed by atoms with van der Waals surface area (Å²) in [6.45, 7) is 8.31. The molecule has 0 radical (unpaired) electrons. The highest BCUT2D eigenvalue weighted by Crippen LogP contribution is 1.97. The highest BCUT2D eigenvalue weighted by molar-refractivity contribution is 4.69. The van der Waals surface area contributed by atoms with Crippen LogP contribution in [-0.4, -0.2) is 69.3 Å². The zero-order valence-corrected chi connectivity index (χ0v) is 9.04. The van der Waals surface area contributed by atoms with Gasteiger partial charge in [0, 0.05) is 45.8 Å². The van der Waals surface area contributed by atoms with E-state index in [-0.39, 0.29) is 0 Å². The molecule has 14 heavy (non-hydrogen) atoms. The van der Waals surface area contributed by atoms with Gasteiger partial charge in [-0.1, -0.05) is 0 Å². The molecule has 3 N–H and O–H groups in total. The van der Waals surface area contributed by atoms with Gasteiger partial charge in [-0.15, -0.1) is 0 Å². The second-order valence-electron chi connectivity index (χ2n) is 3.77. The van der Waals surface area contributed by atoms with Crippen LogP contribution in [0.25, 0.3) is 0 Å². The lowest BCUT2D eigenvalue weighted by Crippen LogP contribution is -2.46. The average Bonchev–Trinajstić information content (AvgIpc) is 2.21.